The second kappa shape index (κ2) is 13.3. The zero-order valence-corrected chi connectivity index (χ0v) is 27.2. The summed E-state index contributed by atoms with van der Waals surface area (Å²) in [6, 6.07) is 65.4. The van der Waals surface area contributed by atoms with Gasteiger partial charge in [-0.05, 0) is 97.4 Å². The molecule has 0 unspecified atom stereocenters. The maximum Gasteiger partial charge on any atom is 0.0973 e. The lowest BCUT2D eigenvalue weighted by Gasteiger charge is -2.26. The highest BCUT2D eigenvalue weighted by Crippen LogP contribution is 2.39. The summed E-state index contributed by atoms with van der Waals surface area (Å²) in [6.45, 7) is 2.09. The van der Waals surface area contributed by atoms with Crippen LogP contribution in [0.3, 0.4) is 0 Å². The van der Waals surface area contributed by atoms with Crippen LogP contribution in [0.4, 0.5) is 34.1 Å². The summed E-state index contributed by atoms with van der Waals surface area (Å²) in [5.74, 6) is 0. The zero-order valence-electron chi connectivity index (χ0n) is 27.2. The molecule has 0 bridgehead atoms. The van der Waals surface area contributed by atoms with Crippen molar-refractivity contribution in [1.29, 1.82) is 0 Å². The molecule has 4 heteroatoms. The van der Waals surface area contributed by atoms with Crippen molar-refractivity contribution in [2.24, 2.45) is 0 Å². The van der Waals surface area contributed by atoms with E-state index < -0.39 is 0 Å². The standard InChI is InChI=1S/C45H34N4/c1-33-22-31-42-43(32-33)47-45(35-25-29-41(30-26-35)49(38-18-10-4-11-19-38)39-20-12-5-13-21-39)44(46-42)34-23-27-40(28-24-34)48(36-14-6-2-7-15-36)37-16-8-3-9-17-37/h2-32H,1H3. The second-order valence-corrected chi connectivity index (χ2v) is 12.0. The van der Waals surface area contributed by atoms with E-state index in [9.17, 15) is 0 Å². The fraction of sp³-hybridized carbons (Fsp3) is 0.0222. The molecule has 7 aromatic carbocycles. The monoisotopic (exact) mass is 630 g/mol. The SMILES string of the molecule is Cc1ccc2nc(-c3ccc(N(c4ccccc4)c4ccccc4)cc3)c(-c3ccc(N(c4ccccc4)c4ccccc4)cc3)nc2c1. The van der Waals surface area contributed by atoms with Crippen LogP contribution in [0.15, 0.2) is 188 Å². The van der Waals surface area contributed by atoms with Gasteiger partial charge in [0.2, 0.25) is 0 Å². The molecule has 0 amide bonds. The Hall–Kier alpha value is -6.52. The van der Waals surface area contributed by atoms with Crippen LogP contribution in [0.2, 0.25) is 0 Å². The van der Waals surface area contributed by atoms with Crippen LogP contribution < -0.4 is 9.80 Å². The minimum absolute atomic E-state index is 0.851. The third-order valence-electron chi connectivity index (χ3n) is 8.68. The third-order valence-corrected chi connectivity index (χ3v) is 8.68. The predicted molar refractivity (Wildman–Crippen MR) is 205 cm³/mol. The van der Waals surface area contributed by atoms with Gasteiger partial charge in [-0.25, -0.2) is 9.97 Å². The van der Waals surface area contributed by atoms with Gasteiger partial charge in [-0.15, -0.1) is 0 Å². The molecule has 8 rings (SSSR count). The van der Waals surface area contributed by atoms with Gasteiger partial charge in [-0.3, -0.25) is 0 Å². The molecule has 0 radical (unpaired) electrons. The Morgan fingerprint density at radius 3 is 1.02 bits per heavy atom. The molecule has 49 heavy (non-hydrogen) atoms. The van der Waals surface area contributed by atoms with Crippen LogP contribution >= 0.6 is 0 Å². The molecule has 4 nitrogen and oxygen atoms in total. The molecule has 0 fully saturated rings. The minimum atomic E-state index is 0.851. The molecule has 0 N–H and O–H groups in total. The van der Waals surface area contributed by atoms with E-state index in [2.05, 4.69) is 181 Å². The number of para-hydroxylation sites is 4. The van der Waals surface area contributed by atoms with Gasteiger partial charge < -0.3 is 9.80 Å². The molecule has 0 aliphatic heterocycles. The number of nitrogens with zero attached hydrogens (tertiary/aromatic N) is 4. The first kappa shape index (κ1) is 29.9. The maximum absolute atomic E-state index is 5.24. The van der Waals surface area contributed by atoms with Gasteiger partial charge in [0.25, 0.3) is 0 Å². The largest absolute Gasteiger partial charge is 0.311 e. The number of aryl methyl sites for hydroxylation is 1. The van der Waals surface area contributed by atoms with E-state index in [0.29, 0.717) is 0 Å². The molecular formula is C45H34N4. The molecule has 0 atom stereocenters. The summed E-state index contributed by atoms with van der Waals surface area (Å²) in [7, 11) is 0. The maximum atomic E-state index is 5.24. The van der Waals surface area contributed by atoms with Crippen molar-refractivity contribution in [3.8, 4) is 22.5 Å². The number of benzene rings is 7. The normalized spacial score (nSPS) is 11.0. The average molecular weight is 631 g/mol. The van der Waals surface area contributed by atoms with Gasteiger partial charge >= 0.3 is 0 Å². The Morgan fingerprint density at radius 1 is 0.327 bits per heavy atom. The van der Waals surface area contributed by atoms with E-state index in [-0.39, 0.29) is 0 Å². The van der Waals surface area contributed by atoms with Crippen LogP contribution in [0.25, 0.3) is 33.5 Å². The highest BCUT2D eigenvalue weighted by molar-refractivity contribution is 5.88. The van der Waals surface area contributed by atoms with E-state index in [1.54, 1.807) is 0 Å². The zero-order chi connectivity index (χ0) is 33.0. The second-order valence-electron chi connectivity index (χ2n) is 12.0. The van der Waals surface area contributed by atoms with Crippen LogP contribution in [0.5, 0.6) is 0 Å². The molecule has 8 aromatic rings. The van der Waals surface area contributed by atoms with Crippen LogP contribution in [0, 0.1) is 6.92 Å². The highest BCUT2D eigenvalue weighted by atomic mass is 15.1. The van der Waals surface area contributed by atoms with Gasteiger partial charge in [0.05, 0.1) is 22.4 Å². The van der Waals surface area contributed by atoms with Gasteiger partial charge in [0, 0.05) is 45.3 Å². The Kier molecular flexibility index (Phi) is 8.11. The van der Waals surface area contributed by atoms with Gasteiger partial charge in [-0.2, -0.15) is 0 Å². The molecule has 1 aromatic heterocycles. The van der Waals surface area contributed by atoms with Crippen LogP contribution in [-0.4, -0.2) is 9.97 Å². The highest BCUT2D eigenvalue weighted by Gasteiger charge is 2.18. The topological polar surface area (TPSA) is 32.3 Å². The lowest BCUT2D eigenvalue weighted by Crippen LogP contribution is -2.09. The quantitative estimate of drug-likeness (QED) is 0.167. The number of fused-ring (bicyclic) bond motifs is 1. The van der Waals surface area contributed by atoms with Crippen molar-refractivity contribution in [3.63, 3.8) is 0 Å². The number of anilines is 6. The summed E-state index contributed by atoms with van der Waals surface area (Å²) in [5.41, 5.74) is 13.2. The smallest absolute Gasteiger partial charge is 0.0973 e. The lowest BCUT2D eigenvalue weighted by atomic mass is 10.0. The van der Waals surface area contributed by atoms with Crippen molar-refractivity contribution >= 4 is 45.2 Å². The molecule has 0 saturated carbocycles. The molecule has 234 valence electrons. The molecule has 0 aliphatic carbocycles. The summed E-state index contributed by atoms with van der Waals surface area (Å²) >= 11 is 0. The van der Waals surface area contributed by atoms with Crippen molar-refractivity contribution in [3.05, 3.63) is 194 Å². The Bertz CT molecular complexity index is 2230. The van der Waals surface area contributed by atoms with Crippen molar-refractivity contribution in [1.82, 2.24) is 9.97 Å². The first-order chi connectivity index (χ1) is 24.2. The Balaban J connectivity index is 1.21. The summed E-state index contributed by atoms with van der Waals surface area (Å²) < 4.78 is 0. The fourth-order valence-electron chi connectivity index (χ4n) is 6.31. The van der Waals surface area contributed by atoms with Crippen LogP contribution in [0.1, 0.15) is 5.56 Å². The molecule has 0 aliphatic rings. The first-order valence-electron chi connectivity index (χ1n) is 16.5. The molecule has 0 saturated heterocycles. The predicted octanol–water partition coefficient (Wildman–Crippen LogP) is 12.2. The number of hydrogen-bond acceptors (Lipinski definition) is 4. The van der Waals surface area contributed by atoms with Crippen molar-refractivity contribution in [2.45, 2.75) is 6.92 Å². The molecule has 1 heterocycles. The van der Waals surface area contributed by atoms with E-state index in [0.717, 1.165) is 73.2 Å². The number of rotatable bonds is 8. The van der Waals surface area contributed by atoms with E-state index in [4.69, 9.17) is 9.97 Å². The van der Waals surface area contributed by atoms with E-state index in [1.165, 1.54) is 0 Å². The lowest BCUT2D eigenvalue weighted by molar-refractivity contribution is 1.26. The van der Waals surface area contributed by atoms with Gasteiger partial charge in [-0.1, -0.05) is 103 Å². The molecular weight excluding hydrogens is 597 g/mol. The summed E-state index contributed by atoms with van der Waals surface area (Å²) in [4.78, 5) is 15.0. The van der Waals surface area contributed by atoms with E-state index >= 15 is 0 Å². The van der Waals surface area contributed by atoms with E-state index in [1.807, 2.05) is 24.3 Å². The Morgan fingerprint density at radius 2 is 0.653 bits per heavy atom. The minimum Gasteiger partial charge on any atom is -0.311 e. The van der Waals surface area contributed by atoms with Crippen LogP contribution in [-0.2, 0) is 0 Å². The number of hydrogen-bond donors (Lipinski definition) is 0. The van der Waals surface area contributed by atoms with Crippen molar-refractivity contribution < 1.29 is 0 Å². The summed E-state index contributed by atoms with van der Waals surface area (Å²) in [5, 5.41) is 0. The third kappa shape index (κ3) is 6.16. The fourth-order valence-corrected chi connectivity index (χ4v) is 6.31. The average Bonchev–Trinajstić information content (AvgIpc) is 3.17. The first-order valence-corrected chi connectivity index (χ1v) is 16.5. The van der Waals surface area contributed by atoms with Gasteiger partial charge in [0.1, 0.15) is 0 Å². The van der Waals surface area contributed by atoms with Crippen molar-refractivity contribution in [2.75, 3.05) is 9.80 Å². The van der Waals surface area contributed by atoms with Gasteiger partial charge in [0.15, 0.2) is 0 Å². The molecule has 0 spiro atoms. The summed E-state index contributed by atoms with van der Waals surface area (Å²) in [6.07, 6.45) is 0. The Labute approximate surface area is 287 Å². The number of aromatic nitrogens is 2.